The molecule has 0 saturated heterocycles. The van der Waals surface area contributed by atoms with Crippen molar-refractivity contribution in [1.29, 1.82) is 0 Å². The summed E-state index contributed by atoms with van der Waals surface area (Å²) in [7, 11) is 2.03. The van der Waals surface area contributed by atoms with Crippen LogP contribution in [0.5, 0.6) is 0 Å². The van der Waals surface area contributed by atoms with Crippen LogP contribution in [0.3, 0.4) is 0 Å². The first kappa shape index (κ1) is 13.8. The van der Waals surface area contributed by atoms with Crippen LogP contribution in [0, 0.1) is 12.7 Å². The summed E-state index contributed by atoms with van der Waals surface area (Å²) in [5.74, 6) is 1.37. The highest BCUT2D eigenvalue weighted by molar-refractivity contribution is 5.65. The molecule has 22 heavy (non-hydrogen) atoms. The van der Waals surface area contributed by atoms with E-state index < -0.39 is 0 Å². The van der Waals surface area contributed by atoms with Gasteiger partial charge < -0.3 is 4.90 Å². The second-order valence-corrected chi connectivity index (χ2v) is 6.90. The van der Waals surface area contributed by atoms with E-state index in [-0.39, 0.29) is 5.82 Å². The van der Waals surface area contributed by atoms with E-state index in [2.05, 4.69) is 23.1 Å². The Morgan fingerprint density at radius 3 is 1.95 bits per heavy atom. The van der Waals surface area contributed by atoms with E-state index in [1.165, 1.54) is 42.5 Å². The Balaban J connectivity index is 1.71. The van der Waals surface area contributed by atoms with Crippen LogP contribution in [0.2, 0.25) is 0 Å². The van der Waals surface area contributed by atoms with Crippen LogP contribution in [0.25, 0.3) is 0 Å². The minimum absolute atomic E-state index is 0.134. The zero-order chi connectivity index (χ0) is 15.3. The van der Waals surface area contributed by atoms with Gasteiger partial charge >= 0.3 is 0 Å². The maximum atomic E-state index is 13.9. The normalized spacial score (nSPS) is 17.6. The minimum Gasteiger partial charge on any atom is -0.345 e. The van der Waals surface area contributed by atoms with Gasteiger partial charge in [-0.3, -0.25) is 0 Å². The molecule has 0 unspecified atom stereocenters. The molecule has 0 atom stereocenters. The molecule has 2 aliphatic rings. The van der Waals surface area contributed by atoms with Crippen molar-refractivity contribution in [2.45, 2.75) is 44.4 Å². The molecule has 2 saturated carbocycles. The maximum absolute atomic E-state index is 13.9. The Kier molecular flexibility index (Phi) is 3.21. The number of anilines is 2. The molecule has 4 rings (SSSR count). The molecule has 0 heterocycles. The molecule has 2 fully saturated rings. The molecule has 0 spiro atoms. The molecule has 1 nitrogen and oxygen atoms in total. The van der Waals surface area contributed by atoms with Gasteiger partial charge in [0.15, 0.2) is 0 Å². The smallest absolute Gasteiger partial charge is 0.128 e. The van der Waals surface area contributed by atoms with Gasteiger partial charge in [-0.05, 0) is 85.4 Å². The molecule has 2 heteroatoms. The molecule has 2 aromatic rings. The average Bonchev–Trinajstić information content (AvgIpc) is 3.41. The van der Waals surface area contributed by atoms with E-state index in [0.29, 0.717) is 5.56 Å². The van der Waals surface area contributed by atoms with E-state index in [9.17, 15) is 4.39 Å². The highest BCUT2D eigenvalue weighted by Gasteiger charge is 2.29. The first-order chi connectivity index (χ1) is 10.6. The van der Waals surface area contributed by atoms with Crippen molar-refractivity contribution in [3.63, 3.8) is 0 Å². The van der Waals surface area contributed by atoms with E-state index in [1.54, 1.807) is 13.0 Å². The SMILES string of the molecule is Cc1ccc(N(C)c2cc(C3CC3)cc(C3CC3)c2)cc1F. The van der Waals surface area contributed by atoms with Gasteiger partial charge in [-0.1, -0.05) is 12.1 Å². The van der Waals surface area contributed by atoms with Crippen LogP contribution in [-0.4, -0.2) is 7.05 Å². The number of nitrogens with zero attached hydrogens (tertiary/aromatic N) is 1. The second kappa shape index (κ2) is 5.12. The molecule has 2 aliphatic carbocycles. The summed E-state index contributed by atoms with van der Waals surface area (Å²) < 4.78 is 13.9. The van der Waals surface area contributed by atoms with Gasteiger partial charge in [-0.2, -0.15) is 0 Å². The fourth-order valence-corrected chi connectivity index (χ4v) is 3.10. The highest BCUT2D eigenvalue weighted by Crippen LogP contribution is 2.46. The lowest BCUT2D eigenvalue weighted by molar-refractivity contribution is 0.618. The van der Waals surface area contributed by atoms with Crippen molar-refractivity contribution < 1.29 is 4.39 Å². The van der Waals surface area contributed by atoms with Crippen molar-refractivity contribution in [2.75, 3.05) is 11.9 Å². The van der Waals surface area contributed by atoms with E-state index >= 15 is 0 Å². The molecule has 0 amide bonds. The topological polar surface area (TPSA) is 3.24 Å². The summed E-state index contributed by atoms with van der Waals surface area (Å²) in [5, 5.41) is 0. The summed E-state index contributed by atoms with van der Waals surface area (Å²) in [6.07, 6.45) is 5.26. The lowest BCUT2D eigenvalue weighted by Gasteiger charge is -2.22. The zero-order valence-corrected chi connectivity index (χ0v) is 13.3. The predicted octanol–water partition coefficient (Wildman–Crippen LogP) is 5.66. The Labute approximate surface area is 131 Å². The number of rotatable bonds is 4. The molecule has 0 aliphatic heterocycles. The molecule has 114 valence electrons. The monoisotopic (exact) mass is 295 g/mol. The van der Waals surface area contributed by atoms with E-state index in [0.717, 1.165) is 17.5 Å². The highest BCUT2D eigenvalue weighted by atomic mass is 19.1. The lowest BCUT2D eigenvalue weighted by Crippen LogP contribution is -2.10. The van der Waals surface area contributed by atoms with Crippen LogP contribution in [0.4, 0.5) is 15.8 Å². The molecule has 0 radical (unpaired) electrons. The minimum atomic E-state index is -0.134. The third kappa shape index (κ3) is 2.63. The van der Waals surface area contributed by atoms with Crippen LogP contribution >= 0.6 is 0 Å². The number of hydrogen-bond donors (Lipinski definition) is 0. The van der Waals surface area contributed by atoms with Crippen molar-refractivity contribution >= 4 is 11.4 Å². The van der Waals surface area contributed by atoms with E-state index in [4.69, 9.17) is 0 Å². The van der Waals surface area contributed by atoms with Crippen LogP contribution in [-0.2, 0) is 0 Å². The van der Waals surface area contributed by atoms with Gasteiger partial charge in [0.05, 0.1) is 0 Å². The van der Waals surface area contributed by atoms with Gasteiger partial charge in [0, 0.05) is 18.4 Å². The lowest BCUT2D eigenvalue weighted by atomic mass is 10.0. The zero-order valence-electron chi connectivity index (χ0n) is 13.3. The van der Waals surface area contributed by atoms with E-state index in [1.807, 2.05) is 19.2 Å². The Morgan fingerprint density at radius 2 is 1.45 bits per heavy atom. The molecule has 0 bridgehead atoms. The fraction of sp³-hybridized carbons (Fsp3) is 0.400. The predicted molar refractivity (Wildman–Crippen MR) is 89.6 cm³/mol. The summed E-state index contributed by atoms with van der Waals surface area (Å²) in [5.41, 5.74) is 5.74. The van der Waals surface area contributed by atoms with Crippen LogP contribution in [0.1, 0.15) is 54.2 Å². The first-order valence-corrected chi connectivity index (χ1v) is 8.26. The van der Waals surface area contributed by atoms with Crippen LogP contribution in [0.15, 0.2) is 36.4 Å². The summed E-state index contributed by atoms with van der Waals surface area (Å²) in [6, 6.07) is 12.5. The molecule has 2 aromatic carbocycles. The first-order valence-electron chi connectivity index (χ1n) is 8.26. The number of benzene rings is 2. The van der Waals surface area contributed by atoms with Crippen molar-refractivity contribution in [3.8, 4) is 0 Å². The Hall–Kier alpha value is -1.83. The van der Waals surface area contributed by atoms with Crippen LogP contribution < -0.4 is 4.90 Å². The quantitative estimate of drug-likeness (QED) is 0.703. The van der Waals surface area contributed by atoms with Gasteiger partial charge in [-0.25, -0.2) is 4.39 Å². The van der Waals surface area contributed by atoms with Crippen molar-refractivity contribution in [1.82, 2.24) is 0 Å². The van der Waals surface area contributed by atoms with Gasteiger partial charge in [0.2, 0.25) is 0 Å². The van der Waals surface area contributed by atoms with Gasteiger partial charge in [-0.15, -0.1) is 0 Å². The molecule has 0 N–H and O–H groups in total. The number of halogens is 1. The average molecular weight is 295 g/mol. The summed E-state index contributed by atoms with van der Waals surface area (Å²) in [6.45, 7) is 1.80. The largest absolute Gasteiger partial charge is 0.345 e. The maximum Gasteiger partial charge on any atom is 0.128 e. The van der Waals surface area contributed by atoms with Crippen molar-refractivity contribution in [2.24, 2.45) is 0 Å². The second-order valence-electron chi connectivity index (χ2n) is 6.90. The Morgan fingerprint density at radius 1 is 0.864 bits per heavy atom. The Bertz CT molecular complexity index is 683. The van der Waals surface area contributed by atoms with Gasteiger partial charge in [0.25, 0.3) is 0 Å². The molecule has 0 aromatic heterocycles. The standard InChI is InChI=1S/C20H22FN/c1-13-3-8-18(12-20(13)21)22(2)19-10-16(14-4-5-14)9-17(11-19)15-6-7-15/h3,8-12,14-15H,4-7H2,1-2H3. The van der Waals surface area contributed by atoms with Gasteiger partial charge in [0.1, 0.15) is 5.82 Å². The van der Waals surface area contributed by atoms with Crippen molar-refractivity contribution in [3.05, 3.63) is 58.9 Å². The molecular formula is C20H22FN. The number of aryl methyl sites for hydroxylation is 1. The summed E-state index contributed by atoms with van der Waals surface area (Å²) >= 11 is 0. The summed E-state index contributed by atoms with van der Waals surface area (Å²) in [4.78, 5) is 2.11. The molecular weight excluding hydrogens is 273 g/mol. The number of hydrogen-bond acceptors (Lipinski definition) is 1. The third-order valence-corrected chi connectivity index (χ3v) is 4.99. The third-order valence-electron chi connectivity index (χ3n) is 4.99. The fourth-order valence-electron chi connectivity index (χ4n) is 3.10.